The number of phosphoric acid groups is 3. The van der Waals surface area contributed by atoms with Gasteiger partial charge in [0.05, 0.1) is 11.5 Å². The van der Waals surface area contributed by atoms with Crippen LogP contribution in [0.1, 0.15) is 20.1 Å². The number of fused-ring (bicyclic) bond motifs is 1. The molecule has 2 aromatic rings. The van der Waals surface area contributed by atoms with Crippen molar-refractivity contribution in [2.45, 2.75) is 44.0 Å². The quantitative estimate of drug-likeness (QED) is 0.215. The Balaban J connectivity index is 1.81. The van der Waals surface area contributed by atoms with Gasteiger partial charge in [0.15, 0.2) is 6.23 Å². The van der Waals surface area contributed by atoms with Crippen LogP contribution in [-0.2, 0) is 31.6 Å². The normalized spacial score (nSPS) is 30.7. The van der Waals surface area contributed by atoms with Crippen molar-refractivity contribution >= 4 is 40.3 Å². The topological polar surface area (TPSA) is 266 Å². The molecule has 0 radical (unpaired) electrons. The van der Waals surface area contributed by atoms with Crippen molar-refractivity contribution in [3.05, 3.63) is 18.6 Å². The minimum Gasteiger partial charge on any atom is -0.387 e. The molecule has 1 aliphatic rings. The maximum atomic E-state index is 12.1. The highest BCUT2D eigenvalue weighted by atomic mass is 31.3. The van der Waals surface area contributed by atoms with Crippen LogP contribution in [0.5, 0.6) is 0 Å². The van der Waals surface area contributed by atoms with Gasteiger partial charge in [0, 0.05) is 6.20 Å². The van der Waals surface area contributed by atoms with Crippen LogP contribution in [0.25, 0.3) is 11.0 Å². The summed E-state index contributed by atoms with van der Waals surface area (Å²) < 4.78 is 53.3. The molecule has 1 aliphatic heterocycles. The van der Waals surface area contributed by atoms with Crippen LogP contribution < -0.4 is 5.73 Å². The van der Waals surface area contributed by atoms with Crippen LogP contribution in [0.4, 0.5) is 5.82 Å². The fourth-order valence-electron chi connectivity index (χ4n) is 3.30. The summed E-state index contributed by atoms with van der Waals surface area (Å²) in [5.74, 6) is 0.148. The molecule has 1 fully saturated rings. The average Bonchev–Trinajstić information content (AvgIpc) is 3.11. The molecule has 3 rings (SSSR count). The number of anilines is 1. The van der Waals surface area contributed by atoms with Gasteiger partial charge < -0.3 is 44.8 Å². The van der Waals surface area contributed by atoms with Gasteiger partial charge in [-0.1, -0.05) is 0 Å². The van der Waals surface area contributed by atoms with Gasteiger partial charge in [-0.05, 0) is 19.9 Å². The number of aliphatic hydroxyl groups is 2. The molecule has 0 saturated carbocycles. The largest absolute Gasteiger partial charge is 0.490 e. The van der Waals surface area contributed by atoms with Crippen LogP contribution >= 0.6 is 23.5 Å². The summed E-state index contributed by atoms with van der Waals surface area (Å²) in [6.07, 6.45) is -3.45. The summed E-state index contributed by atoms with van der Waals surface area (Å²) in [4.78, 5) is 44.0. The predicted molar refractivity (Wildman–Crippen MR) is 107 cm³/mol. The molecule has 0 aliphatic carbocycles. The lowest BCUT2D eigenvalue weighted by atomic mass is 9.94. The summed E-state index contributed by atoms with van der Waals surface area (Å²) in [6.45, 7) is 2.33. The van der Waals surface area contributed by atoms with E-state index in [1.807, 2.05) is 0 Å². The van der Waals surface area contributed by atoms with Crippen molar-refractivity contribution in [2.24, 2.45) is 0 Å². The second-order valence-electron chi connectivity index (χ2n) is 7.24. The molecule has 0 amide bonds. The van der Waals surface area contributed by atoms with E-state index in [0.29, 0.717) is 5.39 Å². The molecule has 3 heterocycles. The van der Waals surface area contributed by atoms with Gasteiger partial charge in [-0.2, -0.15) is 8.62 Å². The van der Waals surface area contributed by atoms with Gasteiger partial charge in [0.1, 0.15) is 35.6 Å². The zero-order chi connectivity index (χ0) is 25.0. The molecule has 17 nitrogen and oxygen atoms in total. The molecule has 0 bridgehead atoms. The maximum Gasteiger partial charge on any atom is 0.490 e. The van der Waals surface area contributed by atoms with Gasteiger partial charge in [0.2, 0.25) is 0 Å². The van der Waals surface area contributed by atoms with Crippen molar-refractivity contribution in [3.8, 4) is 0 Å². The number of nitrogens with two attached hydrogens (primary N) is 1. The second-order valence-corrected chi connectivity index (χ2v) is 11.6. The van der Waals surface area contributed by atoms with E-state index in [1.165, 1.54) is 24.0 Å². The van der Waals surface area contributed by atoms with E-state index in [0.717, 1.165) is 6.92 Å². The number of aromatic nitrogens is 3. The Hall–Kier alpha value is -1.29. The Morgan fingerprint density at radius 1 is 1.18 bits per heavy atom. The molecule has 2 unspecified atom stereocenters. The summed E-state index contributed by atoms with van der Waals surface area (Å²) in [7, 11) is -16.8. The molecule has 0 spiro atoms. The lowest BCUT2D eigenvalue weighted by molar-refractivity contribution is -0.0979. The molecule has 2 aromatic heterocycles. The highest BCUT2D eigenvalue weighted by Gasteiger charge is 2.56. The number of rotatable bonds is 8. The molecular weight excluding hydrogens is 513 g/mol. The Kier molecular flexibility index (Phi) is 6.97. The predicted octanol–water partition coefficient (Wildman–Crippen LogP) is -0.245. The van der Waals surface area contributed by atoms with Crippen molar-refractivity contribution in [3.63, 3.8) is 0 Å². The molecule has 186 valence electrons. The van der Waals surface area contributed by atoms with Gasteiger partial charge in [-0.25, -0.2) is 23.7 Å². The van der Waals surface area contributed by atoms with Gasteiger partial charge in [-0.3, -0.25) is 4.52 Å². The van der Waals surface area contributed by atoms with E-state index in [9.17, 15) is 33.7 Å². The second kappa shape index (κ2) is 8.73. The van der Waals surface area contributed by atoms with Crippen LogP contribution in [0.15, 0.2) is 18.6 Å². The molecule has 1 saturated heterocycles. The average molecular weight is 534 g/mol. The first kappa shape index (κ1) is 26.3. The summed E-state index contributed by atoms with van der Waals surface area (Å²) in [6, 6.07) is 1.54. The first-order valence-corrected chi connectivity index (χ1v) is 13.4. The molecule has 0 aromatic carbocycles. The molecule has 33 heavy (non-hydrogen) atoms. The van der Waals surface area contributed by atoms with Gasteiger partial charge >= 0.3 is 23.5 Å². The zero-order valence-corrected chi connectivity index (χ0v) is 19.5. The van der Waals surface area contributed by atoms with Crippen molar-refractivity contribution in [1.29, 1.82) is 0 Å². The highest BCUT2D eigenvalue weighted by Crippen LogP contribution is 2.66. The fourth-order valence-corrected chi connectivity index (χ4v) is 6.50. The van der Waals surface area contributed by atoms with E-state index < -0.39 is 53.6 Å². The lowest BCUT2D eigenvalue weighted by Gasteiger charge is -2.28. The summed E-state index contributed by atoms with van der Waals surface area (Å²) >= 11 is 0. The number of aliphatic hydroxyl groups excluding tert-OH is 1. The van der Waals surface area contributed by atoms with Crippen LogP contribution in [0, 0.1) is 0 Å². The smallest absolute Gasteiger partial charge is 0.387 e. The molecule has 20 heteroatoms. The minimum atomic E-state index is -5.73. The third-order valence-corrected chi connectivity index (χ3v) is 8.59. The van der Waals surface area contributed by atoms with E-state index in [4.69, 9.17) is 20.3 Å². The molecule has 8 N–H and O–H groups in total. The number of hydrogen-bond donors (Lipinski definition) is 7. The summed E-state index contributed by atoms with van der Waals surface area (Å²) in [5, 5.41) is 21.9. The van der Waals surface area contributed by atoms with E-state index >= 15 is 0 Å². The summed E-state index contributed by atoms with van der Waals surface area (Å²) in [5.41, 5.74) is 4.04. The van der Waals surface area contributed by atoms with Crippen LogP contribution in [0.2, 0.25) is 0 Å². The maximum absolute atomic E-state index is 12.1. The van der Waals surface area contributed by atoms with E-state index in [1.54, 1.807) is 6.07 Å². The third-order valence-electron chi connectivity index (χ3n) is 4.67. The van der Waals surface area contributed by atoms with Crippen molar-refractivity contribution in [1.82, 2.24) is 14.5 Å². The van der Waals surface area contributed by atoms with Crippen LogP contribution in [-0.4, -0.2) is 68.2 Å². The van der Waals surface area contributed by atoms with Crippen LogP contribution in [0.3, 0.4) is 0 Å². The SMILES string of the molecule is C[C@@H](OP(=O)(O)OP(=O)(O)OP(=O)(O)O)[C@H]1O[C@@H](n2ccc3c(N)ncnc32)[C@](C)(O)[C@@H]1O. The Labute approximate surface area is 185 Å². The van der Waals surface area contributed by atoms with Crippen molar-refractivity contribution in [2.75, 3.05) is 5.73 Å². The molecular formula is C13H21N4O13P3. The number of nitrogen functional groups attached to an aromatic ring is 1. The van der Waals surface area contributed by atoms with E-state index in [2.05, 4.69) is 23.1 Å². The monoisotopic (exact) mass is 534 g/mol. The first-order chi connectivity index (χ1) is 14.9. The van der Waals surface area contributed by atoms with Gasteiger partial charge in [0.25, 0.3) is 0 Å². The Morgan fingerprint density at radius 2 is 1.82 bits per heavy atom. The fraction of sp³-hybridized carbons (Fsp3) is 0.538. The van der Waals surface area contributed by atoms with E-state index in [-0.39, 0.29) is 11.5 Å². The number of hydrogen-bond acceptors (Lipinski definition) is 12. The first-order valence-electron chi connectivity index (χ1n) is 8.89. The minimum absolute atomic E-state index is 0.148. The number of ether oxygens (including phenoxy) is 1. The van der Waals surface area contributed by atoms with Crippen molar-refractivity contribution < 1.29 is 61.4 Å². The van der Waals surface area contributed by atoms with Gasteiger partial charge in [-0.15, -0.1) is 0 Å². The Bertz CT molecular complexity index is 1180. The number of nitrogens with zero attached hydrogens (tertiary/aromatic N) is 3. The lowest BCUT2D eigenvalue weighted by Crippen LogP contribution is -2.46. The third kappa shape index (κ3) is 5.69. The molecule has 7 atom stereocenters. The zero-order valence-electron chi connectivity index (χ0n) is 16.8. The Morgan fingerprint density at radius 3 is 2.42 bits per heavy atom. The number of phosphoric ester groups is 1. The standard InChI is InChI=1S/C13H21N4O13P3/c1-6(28-32(23,24)30-33(25,26)29-31(20,21)22)8-9(18)13(2,19)12(27-8)17-4-3-7-10(14)15-5-16-11(7)17/h3-6,8-9,12,18-19H,1-2H3,(H,23,24)(H,25,26)(H2,14,15,16)(H2,20,21,22)/t6-,8-,9-,12-,13-/m1/s1. The highest BCUT2D eigenvalue weighted by molar-refractivity contribution is 7.66.